The first-order valence-electron chi connectivity index (χ1n) is 17.2. The zero-order valence-corrected chi connectivity index (χ0v) is 28.8. The maximum Gasteiger partial charge on any atom is 0.143 e. The summed E-state index contributed by atoms with van der Waals surface area (Å²) in [7, 11) is 0. The molecule has 3 nitrogen and oxygen atoms in total. The van der Waals surface area contributed by atoms with Crippen molar-refractivity contribution in [3.63, 3.8) is 0 Å². The summed E-state index contributed by atoms with van der Waals surface area (Å²) in [6.45, 7) is 13.6. The van der Waals surface area contributed by atoms with E-state index in [2.05, 4.69) is 151 Å². The summed E-state index contributed by atoms with van der Waals surface area (Å²) in [5.41, 5.74) is 10.3. The lowest BCUT2D eigenvalue weighted by molar-refractivity contribution is 0.591. The highest BCUT2D eigenvalue weighted by Crippen LogP contribution is 2.42. The van der Waals surface area contributed by atoms with Crippen molar-refractivity contribution in [2.75, 3.05) is 0 Å². The molecule has 0 N–H and O–H groups in total. The van der Waals surface area contributed by atoms with Gasteiger partial charge in [-0.3, -0.25) is 4.98 Å². The van der Waals surface area contributed by atoms with Gasteiger partial charge in [0.05, 0.1) is 22.9 Å². The highest BCUT2D eigenvalue weighted by Gasteiger charge is 2.21. The number of nitrogens with zero attached hydrogens (tertiary/aromatic N) is 2. The number of hydrogen-bond acceptors (Lipinski definition) is 3. The van der Waals surface area contributed by atoms with Crippen LogP contribution < -0.4 is 0 Å². The largest absolute Gasteiger partial charge is 0.455 e. The first-order valence-corrected chi connectivity index (χ1v) is 17.2. The fraction of sp³-hybridized carbons (Fsp3) is 0.174. The molecule has 2 heterocycles. The van der Waals surface area contributed by atoms with Crippen LogP contribution in [0, 0.1) is 0 Å². The fourth-order valence-electron chi connectivity index (χ4n) is 7.43. The number of fused-ring (bicyclic) bond motifs is 11. The van der Waals surface area contributed by atoms with Crippen LogP contribution in [0.2, 0.25) is 0 Å². The van der Waals surface area contributed by atoms with Crippen LogP contribution in [0.15, 0.2) is 126 Å². The van der Waals surface area contributed by atoms with E-state index in [1.807, 2.05) is 12.3 Å². The van der Waals surface area contributed by atoms with Gasteiger partial charge in [-0.25, -0.2) is 4.98 Å². The van der Waals surface area contributed by atoms with Crippen LogP contribution in [0.4, 0.5) is 0 Å². The Labute approximate surface area is 286 Å². The van der Waals surface area contributed by atoms with Gasteiger partial charge < -0.3 is 4.42 Å². The molecule has 0 unspecified atom stereocenters. The first kappa shape index (κ1) is 29.6. The topological polar surface area (TPSA) is 38.9 Å². The van der Waals surface area contributed by atoms with Crippen molar-refractivity contribution in [1.82, 2.24) is 9.97 Å². The smallest absolute Gasteiger partial charge is 0.143 e. The Morgan fingerprint density at radius 3 is 1.86 bits per heavy atom. The van der Waals surface area contributed by atoms with E-state index in [0.29, 0.717) is 0 Å². The molecule has 0 spiro atoms. The van der Waals surface area contributed by atoms with Gasteiger partial charge in [0.15, 0.2) is 0 Å². The summed E-state index contributed by atoms with van der Waals surface area (Å²) in [4.78, 5) is 10.6. The van der Waals surface area contributed by atoms with Crippen LogP contribution in [0.25, 0.3) is 87.7 Å². The lowest BCUT2D eigenvalue weighted by Crippen LogP contribution is -2.11. The second kappa shape index (κ2) is 10.5. The Hall–Kier alpha value is -5.54. The van der Waals surface area contributed by atoms with E-state index in [4.69, 9.17) is 14.4 Å². The SMILES string of the molecule is CC(C)(C)c1ccc2c3ccc(C(C)(C)C)cc3c3nc(-c4cccc(-c5cc6ccccc6c6c5oc5ccccc56)c4)cnc3c2c1. The van der Waals surface area contributed by atoms with E-state index in [1.165, 1.54) is 32.7 Å². The monoisotopic (exact) mass is 634 g/mol. The first-order chi connectivity index (χ1) is 23.5. The molecule has 9 aromatic rings. The Morgan fingerprint density at radius 1 is 0.510 bits per heavy atom. The molecule has 0 bridgehead atoms. The molecule has 0 aliphatic rings. The van der Waals surface area contributed by atoms with Crippen molar-refractivity contribution in [1.29, 1.82) is 0 Å². The molecule has 3 heteroatoms. The molecule has 0 aliphatic heterocycles. The molecule has 0 radical (unpaired) electrons. The third kappa shape index (κ3) is 4.71. The Morgan fingerprint density at radius 2 is 1.14 bits per heavy atom. The predicted octanol–water partition coefficient (Wildman–Crippen LogP) is 12.9. The number of rotatable bonds is 2. The van der Waals surface area contributed by atoms with E-state index in [0.717, 1.165) is 66.1 Å². The minimum Gasteiger partial charge on any atom is -0.455 e. The third-order valence-electron chi connectivity index (χ3n) is 10.2. The van der Waals surface area contributed by atoms with Crippen molar-refractivity contribution in [2.24, 2.45) is 0 Å². The standard InChI is InChI=1S/C46H38N2O/c1-45(2,3)30-18-20-33-34-21-19-31(46(4,5)6)25-38(34)43-42(37(33)24-30)47-26-39(48-43)29-14-11-13-27(22-29)36-23-28-12-7-8-15-32(28)41-35-16-9-10-17-40(35)49-44(36)41/h7-26H,1-6H3. The highest BCUT2D eigenvalue weighted by atomic mass is 16.3. The fourth-order valence-corrected chi connectivity index (χ4v) is 7.43. The summed E-state index contributed by atoms with van der Waals surface area (Å²) >= 11 is 0. The van der Waals surface area contributed by atoms with Gasteiger partial charge in [-0.1, -0.05) is 126 Å². The summed E-state index contributed by atoms with van der Waals surface area (Å²) in [5, 5.41) is 9.39. The summed E-state index contributed by atoms with van der Waals surface area (Å²) in [6, 6.07) is 41.6. The molecule has 49 heavy (non-hydrogen) atoms. The molecule has 0 amide bonds. The lowest BCUT2D eigenvalue weighted by atomic mass is 9.83. The molecule has 9 rings (SSSR count). The van der Waals surface area contributed by atoms with E-state index < -0.39 is 0 Å². The van der Waals surface area contributed by atoms with Crippen LogP contribution in [0.1, 0.15) is 52.7 Å². The minimum atomic E-state index is 0.00672. The average Bonchev–Trinajstić information content (AvgIpc) is 3.50. The maximum atomic E-state index is 6.58. The number of aromatic nitrogens is 2. The zero-order chi connectivity index (χ0) is 33.7. The van der Waals surface area contributed by atoms with Crippen LogP contribution in [0.3, 0.4) is 0 Å². The Kier molecular flexibility index (Phi) is 6.33. The molecule has 7 aromatic carbocycles. The van der Waals surface area contributed by atoms with Crippen LogP contribution in [0.5, 0.6) is 0 Å². The Bertz CT molecular complexity index is 2790. The van der Waals surface area contributed by atoms with Gasteiger partial charge in [-0.15, -0.1) is 0 Å². The maximum absolute atomic E-state index is 6.58. The molecule has 0 saturated carbocycles. The van der Waals surface area contributed by atoms with Gasteiger partial charge in [0.1, 0.15) is 11.2 Å². The quantitative estimate of drug-likeness (QED) is 0.178. The van der Waals surface area contributed by atoms with Crippen molar-refractivity contribution in [3.8, 4) is 22.4 Å². The molecule has 0 atom stereocenters. The van der Waals surface area contributed by atoms with Crippen LogP contribution >= 0.6 is 0 Å². The average molecular weight is 635 g/mol. The zero-order valence-electron chi connectivity index (χ0n) is 28.8. The van der Waals surface area contributed by atoms with Gasteiger partial charge in [-0.05, 0) is 79.4 Å². The number of benzene rings is 7. The normalized spacial score (nSPS) is 12.7. The molecule has 0 fully saturated rings. The van der Waals surface area contributed by atoms with Crippen molar-refractivity contribution < 1.29 is 4.42 Å². The molecule has 238 valence electrons. The van der Waals surface area contributed by atoms with Gasteiger partial charge >= 0.3 is 0 Å². The lowest BCUT2D eigenvalue weighted by Gasteiger charge is -2.22. The summed E-state index contributed by atoms with van der Waals surface area (Å²) < 4.78 is 6.58. The van der Waals surface area contributed by atoms with E-state index in [-0.39, 0.29) is 10.8 Å². The highest BCUT2D eigenvalue weighted by molar-refractivity contribution is 6.24. The number of para-hydroxylation sites is 1. The second-order valence-electron chi connectivity index (χ2n) is 15.5. The predicted molar refractivity (Wildman–Crippen MR) is 208 cm³/mol. The van der Waals surface area contributed by atoms with E-state index in [1.54, 1.807) is 0 Å². The number of furan rings is 1. The molecular weight excluding hydrogens is 597 g/mol. The third-order valence-corrected chi connectivity index (χ3v) is 10.2. The van der Waals surface area contributed by atoms with Crippen molar-refractivity contribution in [2.45, 2.75) is 52.4 Å². The molecule has 0 aliphatic carbocycles. The molecular formula is C46H38N2O. The van der Waals surface area contributed by atoms with E-state index in [9.17, 15) is 0 Å². The Balaban J connectivity index is 1.29. The van der Waals surface area contributed by atoms with Crippen molar-refractivity contribution in [3.05, 3.63) is 133 Å². The summed E-state index contributed by atoms with van der Waals surface area (Å²) in [5.74, 6) is 0. The van der Waals surface area contributed by atoms with Crippen LogP contribution in [-0.2, 0) is 10.8 Å². The van der Waals surface area contributed by atoms with Crippen LogP contribution in [-0.4, -0.2) is 9.97 Å². The van der Waals surface area contributed by atoms with Gasteiger partial charge in [-0.2, -0.15) is 0 Å². The van der Waals surface area contributed by atoms with Gasteiger partial charge in [0.2, 0.25) is 0 Å². The minimum absolute atomic E-state index is 0.00672. The summed E-state index contributed by atoms with van der Waals surface area (Å²) in [6.07, 6.45) is 1.95. The second-order valence-corrected chi connectivity index (χ2v) is 15.5. The van der Waals surface area contributed by atoms with Crippen molar-refractivity contribution >= 4 is 65.3 Å². The van der Waals surface area contributed by atoms with E-state index >= 15 is 0 Å². The molecule has 0 saturated heterocycles. The van der Waals surface area contributed by atoms with Gasteiger partial charge in [0, 0.05) is 32.7 Å². The molecule has 2 aromatic heterocycles. The van der Waals surface area contributed by atoms with Gasteiger partial charge in [0.25, 0.3) is 0 Å². The number of hydrogen-bond donors (Lipinski definition) is 0.